The minimum atomic E-state index is 0.456. The van der Waals surface area contributed by atoms with Gasteiger partial charge >= 0.3 is 0 Å². The maximum Gasteiger partial charge on any atom is 0.0737 e. The van der Waals surface area contributed by atoms with Gasteiger partial charge in [0.05, 0.1) is 42.9 Å². The number of benzene rings is 4. The van der Waals surface area contributed by atoms with Crippen LogP contribution in [0.3, 0.4) is 0 Å². The minimum absolute atomic E-state index is 0.456. The van der Waals surface area contributed by atoms with Crippen molar-refractivity contribution in [3.63, 3.8) is 0 Å². The zero-order valence-electron chi connectivity index (χ0n) is 28.5. The predicted molar refractivity (Wildman–Crippen MR) is 241 cm³/mol. The van der Waals surface area contributed by atoms with E-state index in [-0.39, 0.29) is 0 Å². The van der Waals surface area contributed by atoms with E-state index in [0.29, 0.717) is 63.0 Å². The first-order valence-electron chi connectivity index (χ1n) is 17.0. The number of rotatable bonds is 4. The Bertz CT molecular complexity index is 2640. The van der Waals surface area contributed by atoms with Crippen LogP contribution in [-0.4, -0.2) is 19.9 Å². The normalized spacial score (nSPS) is 12.1. The van der Waals surface area contributed by atoms with E-state index >= 15 is 0 Å². The average molecular weight is 890 g/mol. The summed E-state index contributed by atoms with van der Waals surface area (Å²) in [6.07, 6.45) is 7.83. The van der Waals surface area contributed by atoms with Gasteiger partial charge in [0, 0.05) is 86.7 Å². The summed E-state index contributed by atoms with van der Waals surface area (Å²) in [7, 11) is 0. The molecule has 4 aromatic carbocycles. The summed E-state index contributed by atoms with van der Waals surface area (Å²) < 4.78 is 0. The van der Waals surface area contributed by atoms with Gasteiger partial charge in [-0.1, -0.05) is 117 Å². The van der Waals surface area contributed by atoms with Crippen molar-refractivity contribution in [3.8, 4) is 44.5 Å². The SMILES string of the molecule is Clc1ccc(-c2c3nc(c(-c4ccc(Cl)cc4Cl)c4ccc([nH]4)c(-c4ccc(Cl)cc4Cl)c4nc(c(-c5ccc(Cl)cc5Cl)c5ccc2[nH]5)C=C4)C=C3)c(Cl)c1. The largest absolute Gasteiger partial charge is 0.354 e. The highest BCUT2D eigenvalue weighted by Crippen LogP contribution is 2.43. The highest BCUT2D eigenvalue weighted by molar-refractivity contribution is 6.39. The first-order chi connectivity index (χ1) is 27.0. The summed E-state index contributed by atoms with van der Waals surface area (Å²) in [5, 5.41) is 3.86. The van der Waals surface area contributed by atoms with Crippen molar-refractivity contribution < 1.29 is 0 Å². The van der Waals surface area contributed by atoms with Crippen LogP contribution in [-0.2, 0) is 0 Å². The molecule has 0 radical (unpaired) electrons. The molecule has 9 rings (SSSR count). The molecule has 4 nitrogen and oxygen atoms in total. The minimum Gasteiger partial charge on any atom is -0.354 e. The number of hydrogen-bond acceptors (Lipinski definition) is 2. The maximum absolute atomic E-state index is 6.94. The number of fused-ring (bicyclic) bond motifs is 8. The maximum atomic E-state index is 6.94. The Kier molecular flexibility index (Phi) is 9.98. The first kappa shape index (κ1) is 37.4. The van der Waals surface area contributed by atoms with Crippen molar-refractivity contribution in [3.05, 3.63) is 160 Å². The lowest BCUT2D eigenvalue weighted by Crippen LogP contribution is -1.91. The number of aromatic amines is 2. The number of nitrogens with zero attached hydrogens (tertiary/aromatic N) is 2. The second-order valence-electron chi connectivity index (χ2n) is 13.0. The van der Waals surface area contributed by atoms with E-state index in [1.807, 2.05) is 72.8 Å². The van der Waals surface area contributed by atoms with Crippen LogP contribution in [0, 0.1) is 0 Å². The van der Waals surface area contributed by atoms with Gasteiger partial charge in [0.25, 0.3) is 0 Å². The lowest BCUT2D eigenvalue weighted by atomic mass is 10.0. The molecular weight excluding hydrogens is 868 g/mol. The quantitative estimate of drug-likeness (QED) is 0.185. The van der Waals surface area contributed by atoms with Crippen LogP contribution in [0.1, 0.15) is 22.8 Å². The van der Waals surface area contributed by atoms with Gasteiger partial charge in [0.2, 0.25) is 0 Å². The van der Waals surface area contributed by atoms with E-state index in [1.54, 1.807) is 48.5 Å². The van der Waals surface area contributed by atoms with Gasteiger partial charge in [-0.2, -0.15) is 0 Å². The number of H-pyrrole nitrogens is 2. The molecule has 0 aliphatic carbocycles. The summed E-state index contributed by atoms with van der Waals surface area (Å²) in [5.74, 6) is 0. The topological polar surface area (TPSA) is 57.4 Å². The molecule has 3 aromatic heterocycles. The van der Waals surface area contributed by atoms with Crippen LogP contribution < -0.4 is 0 Å². The summed E-state index contributed by atoms with van der Waals surface area (Å²) >= 11 is 53.4. The van der Waals surface area contributed by atoms with Gasteiger partial charge in [-0.25, -0.2) is 9.97 Å². The average Bonchev–Trinajstić information content (AvgIpc) is 3.99. The highest BCUT2D eigenvalue weighted by Gasteiger charge is 2.22. The van der Waals surface area contributed by atoms with Crippen molar-refractivity contribution in [2.45, 2.75) is 0 Å². The third kappa shape index (κ3) is 6.83. The molecule has 0 fully saturated rings. The lowest BCUT2D eigenvalue weighted by molar-refractivity contribution is 1.31. The molecule has 7 aromatic rings. The van der Waals surface area contributed by atoms with Gasteiger partial charge in [0.1, 0.15) is 0 Å². The summed E-state index contributed by atoms with van der Waals surface area (Å²) in [6.45, 7) is 0. The van der Waals surface area contributed by atoms with Crippen molar-refractivity contribution in [1.29, 1.82) is 0 Å². The Morgan fingerprint density at radius 1 is 0.304 bits per heavy atom. The second kappa shape index (κ2) is 14.9. The van der Waals surface area contributed by atoms with Crippen LogP contribution >= 0.6 is 92.8 Å². The third-order valence-corrected chi connectivity index (χ3v) is 11.7. The van der Waals surface area contributed by atoms with Crippen molar-refractivity contribution >= 4 is 139 Å². The molecule has 2 aliphatic heterocycles. The van der Waals surface area contributed by atoms with Gasteiger partial charge in [-0.05, 0) is 97.1 Å². The molecule has 0 saturated heterocycles. The van der Waals surface area contributed by atoms with Crippen LogP contribution in [0.5, 0.6) is 0 Å². The van der Waals surface area contributed by atoms with Gasteiger partial charge in [-0.15, -0.1) is 0 Å². The van der Waals surface area contributed by atoms with E-state index in [4.69, 9.17) is 103 Å². The molecule has 0 atom stereocenters. The van der Waals surface area contributed by atoms with Crippen LogP contribution in [0.4, 0.5) is 0 Å². The molecule has 5 heterocycles. The van der Waals surface area contributed by atoms with E-state index in [1.165, 1.54) is 0 Å². The molecule has 0 amide bonds. The monoisotopic (exact) mass is 886 g/mol. The van der Waals surface area contributed by atoms with Gasteiger partial charge < -0.3 is 9.97 Å². The fraction of sp³-hybridized carbons (Fsp3) is 0. The summed E-state index contributed by atoms with van der Waals surface area (Å²) in [4.78, 5) is 17.9. The molecule has 0 saturated carbocycles. The molecule has 274 valence electrons. The fourth-order valence-electron chi connectivity index (χ4n) is 7.11. The smallest absolute Gasteiger partial charge is 0.0737 e. The number of nitrogens with one attached hydrogen (secondary N) is 2. The predicted octanol–water partition coefficient (Wildman–Crippen LogP) is 16.6. The number of hydrogen-bond donors (Lipinski definition) is 2. The van der Waals surface area contributed by atoms with E-state index < -0.39 is 0 Å². The Hall–Kier alpha value is -4.20. The molecule has 0 spiro atoms. The van der Waals surface area contributed by atoms with Crippen molar-refractivity contribution in [1.82, 2.24) is 19.9 Å². The Labute approximate surface area is 360 Å². The summed E-state index contributed by atoms with van der Waals surface area (Å²) in [6, 6.07) is 29.5. The van der Waals surface area contributed by atoms with E-state index in [2.05, 4.69) is 9.97 Å². The number of aromatic nitrogens is 4. The zero-order valence-corrected chi connectivity index (χ0v) is 34.5. The van der Waals surface area contributed by atoms with E-state index in [0.717, 1.165) is 66.6 Å². The summed E-state index contributed by atoms with van der Waals surface area (Å²) in [5.41, 5.74) is 11.4. The first-order valence-corrected chi connectivity index (χ1v) is 20.0. The molecule has 12 heteroatoms. The fourth-order valence-corrected chi connectivity index (χ4v) is 9.12. The highest BCUT2D eigenvalue weighted by atomic mass is 35.5. The Morgan fingerprint density at radius 2 is 0.536 bits per heavy atom. The Morgan fingerprint density at radius 3 is 0.750 bits per heavy atom. The number of halogens is 8. The Balaban J connectivity index is 1.50. The third-order valence-electron chi connectivity index (χ3n) is 9.56. The van der Waals surface area contributed by atoms with Crippen molar-refractivity contribution in [2.75, 3.05) is 0 Å². The van der Waals surface area contributed by atoms with E-state index in [9.17, 15) is 0 Å². The van der Waals surface area contributed by atoms with Gasteiger partial charge in [-0.3, -0.25) is 0 Å². The van der Waals surface area contributed by atoms with Crippen molar-refractivity contribution in [2.24, 2.45) is 0 Å². The molecular formula is C44H22Cl8N4. The van der Waals surface area contributed by atoms with Crippen LogP contribution in [0.15, 0.2) is 97.1 Å². The zero-order chi connectivity index (χ0) is 38.8. The van der Waals surface area contributed by atoms with Crippen LogP contribution in [0.2, 0.25) is 40.2 Å². The molecule has 8 bridgehead atoms. The molecule has 2 aliphatic rings. The van der Waals surface area contributed by atoms with Gasteiger partial charge in [0.15, 0.2) is 0 Å². The molecule has 56 heavy (non-hydrogen) atoms. The molecule has 2 N–H and O–H groups in total. The van der Waals surface area contributed by atoms with Crippen LogP contribution in [0.25, 0.3) is 90.9 Å². The lowest BCUT2D eigenvalue weighted by Gasteiger charge is -2.10. The standard InChI is InChI=1S/C44H22Cl8N4/c45-21-1-5-25(29(49)17-21)41-33-9-11-35(53-33)42(26-6-2-22(46)18-30(26)50)37-13-15-39(55-37)44(28-8-4-24(48)20-32(28)52)40-16-14-38(56-40)43(36-12-10-34(41)54-36)27-7-3-23(47)19-31(27)51/h1-20,53,56H. The molecule has 0 unspecified atom stereocenters. The second-order valence-corrected chi connectivity index (χ2v) is 16.4.